The van der Waals surface area contributed by atoms with Crippen LogP contribution in [0.4, 0.5) is 5.82 Å². The summed E-state index contributed by atoms with van der Waals surface area (Å²) >= 11 is 0. The minimum atomic E-state index is -1.94. The number of rotatable bonds is 2. The van der Waals surface area contributed by atoms with Crippen LogP contribution in [0, 0.1) is 11.3 Å². The Morgan fingerprint density at radius 3 is 2.95 bits per heavy atom. The van der Waals surface area contributed by atoms with E-state index in [2.05, 4.69) is 10.1 Å². The molecule has 0 aliphatic carbocycles. The van der Waals surface area contributed by atoms with Crippen molar-refractivity contribution in [2.75, 3.05) is 12.3 Å². The van der Waals surface area contributed by atoms with E-state index in [0.717, 1.165) is 0 Å². The van der Waals surface area contributed by atoms with Crippen LogP contribution in [0.25, 0.3) is 5.52 Å². The number of aromatic nitrogens is 3. The summed E-state index contributed by atoms with van der Waals surface area (Å²) in [6.45, 7) is -0.564. The second kappa shape index (κ2) is 4.64. The molecule has 0 radical (unpaired) electrons. The summed E-state index contributed by atoms with van der Waals surface area (Å²) in [5, 5.41) is 42.7. The van der Waals surface area contributed by atoms with Gasteiger partial charge in [-0.25, -0.2) is 9.50 Å². The molecule has 0 amide bonds. The van der Waals surface area contributed by atoms with E-state index < -0.39 is 30.5 Å². The third kappa shape index (κ3) is 1.71. The van der Waals surface area contributed by atoms with Crippen LogP contribution in [0.1, 0.15) is 7.06 Å². The van der Waals surface area contributed by atoms with Crippen molar-refractivity contribution >= 4 is 11.3 Å². The van der Waals surface area contributed by atoms with Crippen molar-refractivity contribution in [1.82, 2.24) is 14.6 Å². The molecule has 0 bridgehead atoms. The van der Waals surface area contributed by atoms with E-state index in [1.54, 1.807) is 0 Å². The van der Waals surface area contributed by atoms with Crippen molar-refractivity contribution in [1.29, 1.82) is 5.26 Å². The van der Waals surface area contributed by atoms with E-state index in [1.165, 1.54) is 16.6 Å². The van der Waals surface area contributed by atoms with Crippen LogP contribution in [0.15, 0.2) is 18.4 Å². The van der Waals surface area contributed by atoms with Gasteiger partial charge in [0.05, 0.1) is 12.3 Å². The molecule has 110 valence electrons. The lowest BCUT2D eigenvalue weighted by molar-refractivity contribution is -0.0643. The molecular formula is C12H13N5O4. The third-order valence-corrected chi connectivity index (χ3v) is 3.62. The number of ether oxygens (including phenoxy) is 1. The summed E-state index contributed by atoms with van der Waals surface area (Å²) in [5.74, 6) is 0.0334. The molecule has 0 unspecified atom stereocenters. The number of nitrogens with zero attached hydrogens (tertiary/aromatic N) is 4. The quantitative estimate of drug-likeness (QED) is 0.503. The highest BCUT2D eigenvalue weighted by Crippen LogP contribution is 2.40. The average molecular weight is 292 g/mol. The van der Waals surface area contributed by atoms with Gasteiger partial charge in [0, 0.05) is 0 Å². The Morgan fingerprint density at radius 1 is 1.57 bits per heavy atom. The average Bonchev–Trinajstić information content (AvgIpc) is 3.01. The van der Waals surface area contributed by atoms with Crippen LogP contribution in [0.3, 0.4) is 0 Å². The molecular weight excluding hydrogens is 278 g/mol. The van der Waals surface area contributed by atoms with E-state index >= 15 is 0 Å². The minimum Gasteiger partial charge on any atom is -0.394 e. The van der Waals surface area contributed by atoms with Crippen molar-refractivity contribution in [3.63, 3.8) is 0 Å². The van der Waals surface area contributed by atoms with Crippen molar-refractivity contribution in [2.45, 2.75) is 23.9 Å². The molecule has 21 heavy (non-hydrogen) atoms. The van der Waals surface area contributed by atoms with E-state index in [1.807, 2.05) is 6.07 Å². The fraction of sp³-hybridized carbons (Fsp3) is 0.417. The first-order chi connectivity index (χ1) is 10.4. The van der Waals surface area contributed by atoms with E-state index in [0.29, 0.717) is 5.52 Å². The molecule has 3 heterocycles. The lowest BCUT2D eigenvalue weighted by Gasteiger charge is -2.24. The summed E-state index contributed by atoms with van der Waals surface area (Å²) in [6, 6.07) is 4.78. The van der Waals surface area contributed by atoms with Gasteiger partial charge in [0.2, 0.25) is 5.60 Å². The van der Waals surface area contributed by atoms with Gasteiger partial charge < -0.3 is 25.8 Å². The number of anilines is 1. The maximum atomic E-state index is 10.2. The maximum Gasteiger partial charge on any atom is 0.225 e. The van der Waals surface area contributed by atoms with Crippen LogP contribution in [0.5, 0.6) is 0 Å². The largest absolute Gasteiger partial charge is 0.394 e. The van der Waals surface area contributed by atoms with E-state index in [4.69, 9.17) is 11.8 Å². The molecule has 0 aromatic carbocycles. The summed E-state index contributed by atoms with van der Waals surface area (Å²) < 4.78 is 14.1. The van der Waals surface area contributed by atoms with Crippen molar-refractivity contribution in [3.8, 4) is 6.07 Å². The highest BCUT2D eigenvalue weighted by Gasteiger charge is 2.57. The van der Waals surface area contributed by atoms with Crippen molar-refractivity contribution in [2.24, 2.45) is 0 Å². The number of aliphatic hydroxyl groups is 3. The monoisotopic (exact) mass is 292 g/mol. The molecule has 2 aromatic heterocycles. The van der Waals surface area contributed by atoms with Gasteiger partial charge in [-0.1, -0.05) is 0 Å². The van der Waals surface area contributed by atoms with Crippen molar-refractivity contribution in [3.05, 3.63) is 24.1 Å². The molecule has 4 atom stereocenters. The molecule has 3 rings (SSSR count). The fourth-order valence-electron chi connectivity index (χ4n) is 2.52. The molecule has 9 heteroatoms. The van der Waals surface area contributed by atoms with E-state index in [-0.39, 0.29) is 17.8 Å². The number of nitriles is 1. The summed E-state index contributed by atoms with van der Waals surface area (Å²) in [4.78, 5) is 3.69. The molecule has 2 aromatic rings. The number of nitrogen functional groups attached to an aromatic ring is 1. The molecule has 0 saturated carbocycles. The number of hydrogen-bond acceptors (Lipinski definition) is 8. The highest BCUT2D eigenvalue weighted by atomic mass is 16.6. The zero-order valence-electron chi connectivity index (χ0n) is 11.7. The van der Waals surface area contributed by atoms with Crippen LogP contribution in [-0.2, 0) is 10.3 Å². The summed E-state index contributed by atoms with van der Waals surface area (Å²) in [5.41, 5.74) is 4.19. The SMILES string of the molecule is [2H]c1nc(N)c2ccc([C@]3(C#N)O[C@H](CO)[C@@H](O)[C@H]3O)n2n1. The second-order valence-corrected chi connectivity index (χ2v) is 4.73. The predicted octanol–water partition coefficient (Wildman–Crippen LogP) is -1.86. The molecule has 1 saturated heterocycles. The lowest BCUT2D eigenvalue weighted by Crippen LogP contribution is -2.40. The van der Waals surface area contributed by atoms with E-state index in [9.17, 15) is 20.6 Å². The van der Waals surface area contributed by atoms with Gasteiger partial charge in [-0.15, -0.1) is 0 Å². The van der Waals surface area contributed by atoms with Crippen LogP contribution in [0.2, 0.25) is 0 Å². The Hall–Kier alpha value is -2.25. The second-order valence-electron chi connectivity index (χ2n) is 4.73. The Bertz CT molecular complexity index is 775. The zero-order valence-corrected chi connectivity index (χ0v) is 10.7. The molecule has 5 N–H and O–H groups in total. The standard InChI is InChI=1S/C12H13N5O4/c13-4-12(10(20)9(19)7(3-18)21-12)8-2-1-6-11(14)15-5-16-17(6)8/h1-2,5,7,9-10,18-20H,3H2,(H2,14,15,16)/t7-,9-,10-,12+/m1/s1/i5D. The number of hydrogen-bond donors (Lipinski definition) is 4. The highest BCUT2D eigenvalue weighted by molar-refractivity contribution is 5.66. The zero-order chi connectivity index (χ0) is 16.1. The Labute approximate surface area is 120 Å². The predicted molar refractivity (Wildman–Crippen MR) is 68.7 cm³/mol. The van der Waals surface area contributed by atoms with Gasteiger partial charge in [0.15, 0.2) is 5.82 Å². The molecule has 1 fully saturated rings. The molecule has 1 aliphatic rings. The molecule has 1 aliphatic heterocycles. The maximum absolute atomic E-state index is 10.2. The number of nitrogens with two attached hydrogens (primary N) is 1. The normalized spacial score (nSPS) is 33.0. The summed E-state index contributed by atoms with van der Waals surface area (Å²) in [7, 11) is 0. The first-order valence-electron chi connectivity index (χ1n) is 6.63. The smallest absolute Gasteiger partial charge is 0.225 e. The van der Waals surface area contributed by atoms with Crippen LogP contribution >= 0.6 is 0 Å². The van der Waals surface area contributed by atoms with Gasteiger partial charge in [-0.2, -0.15) is 10.4 Å². The Balaban J connectivity index is 2.23. The Morgan fingerprint density at radius 2 is 2.33 bits per heavy atom. The topological polar surface area (TPSA) is 150 Å². The lowest BCUT2D eigenvalue weighted by atomic mass is 9.92. The van der Waals surface area contributed by atoms with Gasteiger partial charge in [-0.05, 0) is 12.1 Å². The van der Waals surface area contributed by atoms with Gasteiger partial charge in [0.1, 0.15) is 37.6 Å². The van der Waals surface area contributed by atoms with Crippen LogP contribution < -0.4 is 5.73 Å². The fourth-order valence-corrected chi connectivity index (χ4v) is 2.52. The van der Waals surface area contributed by atoms with Gasteiger partial charge >= 0.3 is 0 Å². The third-order valence-electron chi connectivity index (χ3n) is 3.62. The molecule has 9 nitrogen and oxygen atoms in total. The van der Waals surface area contributed by atoms with Gasteiger partial charge in [0.25, 0.3) is 0 Å². The van der Waals surface area contributed by atoms with Crippen LogP contribution in [-0.4, -0.2) is 54.8 Å². The molecule has 0 spiro atoms. The minimum absolute atomic E-state index is 0.0334. The Kier molecular flexibility index (Phi) is 2.76. The number of aliphatic hydroxyl groups excluding tert-OH is 3. The summed E-state index contributed by atoms with van der Waals surface area (Å²) in [6.07, 6.45) is -4.53. The van der Waals surface area contributed by atoms with Crippen molar-refractivity contribution < 1.29 is 21.4 Å². The first-order valence-corrected chi connectivity index (χ1v) is 6.13. The first kappa shape index (κ1) is 12.5. The number of fused-ring (bicyclic) bond motifs is 1. The van der Waals surface area contributed by atoms with Gasteiger partial charge in [-0.3, -0.25) is 0 Å².